The van der Waals surface area contributed by atoms with E-state index in [0.717, 1.165) is 11.4 Å². The molecule has 0 saturated heterocycles. The number of para-hydroxylation sites is 2. The number of methoxy groups -OCH3 is 1. The lowest BCUT2D eigenvalue weighted by atomic mass is 9.57. The molecule has 8 heteroatoms. The molecule has 34 heavy (non-hydrogen) atoms. The van der Waals surface area contributed by atoms with Gasteiger partial charge in [-0.25, -0.2) is 9.59 Å². The summed E-state index contributed by atoms with van der Waals surface area (Å²) in [6, 6.07) is 18.0. The number of anilines is 2. The summed E-state index contributed by atoms with van der Waals surface area (Å²) < 4.78 is 5.20. The molecule has 2 aliphatic carbocycles. The monoisotopic (exact) mass is 464 g/mol. The number of rotatable bonds is 5. The van der Waals surface area contributed by atoms with Crippen LogP contribution >= 0.6 is 0 Å². The summed E-state index contributed by atoms with van der Waals surface area (Å²) in [5, 5.41) is 11.8. The lowest BCUT2D eigenvalue weighted by Crippen LogP contribution is -2.55. The van der Waals surface area contributed by atoms with E-state index in [9.17, 15) is 14.4 Å². The van der Waals surface area contributed by atoms with Crippen molar-refractivity contribution in [1.82, 2.24) is 10.6 Å². The van der Waals surface area contributed by atoms with Gasteiger partial charge in [-0.1, -0.05) is 36.4 Å². The van der Waals surface area contributed by atoms with Crippen LogP contribution in [0.5, 0.6) is 0 Å². The van der Waals surface area contributed by atoms with Gasteiger partial charge in [0, 0.05) is 23.5 Å². The van der Waals surface area contributed by atoms with Crippen LogP contribution in [-0.2, 0) is 9.53 Å². The summed E-state index contributed by atoms with van der Waals surface area (Å²) in [5.74, 6) is -0.177. The zero-order valence-electron chi connectivity index (χ0n) is 19.4. The molecule has 0 aliphatic heterocycles. The number of carbonyl (C=O) groups is 3. The number of hydrogen-bond donors (Lipinski definition) is 4. The van der Waals surface area contributed by atoms with Crippen LogP contribution in [0.4, 0.5) is 21.0 Å². The van der Waals surface area contributed by atoms with Crippen molar-refractivity contribution >= 4 is 29.4 Å². The molecule has 2 aliphatic rings. The number of benzene rings is 2. The smallest absolute Gasteiger partial charge is 0.319 e. The second kappa shape index (κ2) is 10.6. The summed E-state index contributed by atoms with van der Waals surface area (Å²) in [4.78, 5) is 37.9. The Hall–Kier alpha value is -3.55. The third kappa shape index (κ3) is 5.50. The van der Waals surface area contributed by atoms with Gasteiger partial charge in [-0.2, -0.15) is 0 Å². The lowest BCUT2D eigenvalue weighted by Gasteiger charge is -2.49. The van der Waals surface area contributed by atoms with Gasteiger partial charge in [0.2, 0.25) is 0 Å². The van der Waals surface area contributed by atoms with Crippen LogP contribution in [-0.4, -0.2) is 37.2 Å². The molecule has 0 aromatic heterocycles. The van der Waals surface area contributed by atoms with E-state index in [2.05, 4.69) is 21.3 Å². The summed E-state index contributed by atoms with van der Waals surface area (Å²) >= 11 is 0. The highest BCUT2D eigenvalue weighted by molar-refractivity contribution is 5.90. The lowest BCUT2D eigenvalue weighted by molar-refractivity contribution is -0.163. The number of esters is 1. The van der Waals surface area contributed by atoms with Gasteiger partial charge in [-0.15, -0.1) is 0 Å². The second-order valence-corrected chi connectivity index (χ2v) is 9.22. The molecule has 180 valence electrons. The van der Waals surface area contributed by atoms with E-state index in [1.165, 1.54) is 7.11 Å². The minimum atomic E-state index is -0.559. The summed E-state index contributed by atoms with van der Waals surface area (Å²) in [5.41, 5.74) is 0.897. The first-order chi connectivity index (χ1) is 16.5. The number of urea groups is 2. The Morgan fingerprint density at radius 2 is 1.21 bits per heavy atom. The number of nitrogens with one attached hydrogen (secondary N) is 4. The Morgan fingerprint density at radius 3 is 1.62 bits per heavy atom. The summed E-state index contributed by atoms with van der Waals surface area (Å²) in [6.07, 6.45) is 4.06. The van der Waals surface area contributed by atoms with Crippen molar-refractivity contribution in [2.45, 2.75) is 50.6 Å². The Morgan fingerprint density at radius 1 is 0.765 bits per heavy atom. The minimum Gasteiger partial charge on any atom is -0.469 e. The minimum absolute atomic E-state index is 0.00602. The van der Waals surface area contributed by atoms with Gasteiger partial charge in [0.1, 0.15) is 0 Å². The van der Waals surface area contributed by atoms with E-state index in [1.807, 2.05) is 60.7 Å². The van der Waals surface area contributed by atoms with Gasteiger partial charge >= 0.3 is 18.0 Å². The number of carbonyl (C=O) groups excluding carboxylic acids is 3. The van der Waals surface area contributed by atoms with Gasteiger partial charge < -0.3 is 26.0 Å². The average Bonchev–Trinajstić information content (AvgIpc) is 2.84. The van der Waals surface area contributed by atoms with Crippen molar-refractivity contribution in [2.75, 3.05) is 17.7 Å². The standard InChI is InChI=1S/C26H32N4O4/c1-34-23(31)26-14-12-21(29-24(32)27-19-8-4-2-5-9-19)16-18(26)17-22(13-15-26)30-25(33)28-20-10-6-3-7-11-20/h2-11,18,21-22H,12-17H2,1H3,(H2,27,29,32)(H2,28,30,33)/t18?,21-,22+,26?. The molecule has 0 radical (unpaired) electrons. The first-order valence-corrected chi connectivity index (χ1v) is 11.8. The largest absolute Gasteiger partial charge is 0.469 e. The number of amides is 4. The van der Waals surface area contributed by atoms with Crippen molar-refractivity contribution in [3.63, 3.8) is 0 Å². The van der Waals surface area contributed by atoms with E-state index in [0.29, 0.717) is 38.5 Å². The van der Waals surface area contributed by atoms with Crippen LogP contribution in [0.3, 0.4) is 0 Å². The average molecular weight is 465 g/mol. The molecular weight excluding hydrogens is 432 g/mol. The maximum absolute atomic E-state index is 12.8. The van der Waals surface area contributed by atoms with Gasteiger partial charge in [0.15, 0.2) is 0 Å². The Bertz CT molecular complexity index is 929. The Kier molecular flexibility index (Phi) is 7.35. The highest BCUT2D eigenvalue weighted by Gasteiger charge is 2.53. The molecule has 2 saturated carbocycles. The van der Waals surface area contributed by atoms with Crippen molar-refractivity contribution in [3.05, 3.63) is 60.7 Å². The predicted octanol–water partition coefficient (Wildman–Crippen LogP) is 4.51. The maximum atomic E-state index is 12.8. The van der Waals surface area contributed by atoms with E-state index in [1.54, 1.807) is 0 Å². The van der Waals surface area contributed by atoms with Crippen LogP contribution in [0.1, 0.15) is 38.5 Å². The van der Waals surface area contributed by atoms with Crippen molar-refractivity contribution in [2.24, 2.45) is 11.3 Å². The normalized spacial score (nSPS) is 25.9. The SMILES string of the molecule is COC(=O)C12CC[C@@H](NC(=O)Nc3ccccc3)CC1C[C@@H](NC(=O)Nc1ccccc1)CC2. The molecule has 8 nitrogen and oxygen atoms in total. The summed E-state index contributed by atoms with van der Waals surface area (Å²) in [7, 11) is 1.43. The van der Waals surface area contributed by atoms with Crippen molar-refractivity contribution in [3.8, 4) is 0 Å². The van der Waals surface area contributed by atoms with E-state index >= 15 is 0 Å². The maximum Gasteiger partial charge on any atom is 0.319 e. The quantitative estimate of drug-likeness (QED) is 0.488. The Balaban J connectivity index is 1.38. The van der Waals surface area contributed by atoms with Crippen LogP contribution in [0, 0.1) is 11.3 Å². The third-order valence-electron chi connectivity index (χ3n) is 7.12. The highest BCUT2D eigenvalue weighted by Crippen LogP contribution is 2.51. The van der Waals surface area contributed by atoms with Crippen LogP contribution in [0.2, 0.25) is 0 Å². The fraction of sp³-hybridized carbons (Fsp3) is 0.423. The molecular formula is C26H32N4O4. The molecule has 4 rings (SSSR count). The number of ether oxygens (including phenoxy) is 1. The summed E-state index contributed by atoms with van der Waals surface area (Å²) in [6.45, 7) is 0. The molecule has 2 aromatic carbocycles. The van der Waals surface area contributed by atoms with Gasteiger partial charge in [-0.3, -0.25) is 4.79 Å². The number of fused-ring (bicyclic) bond motifs is 1. The van der Waals surface area contributed by atoms with E-state index in [-0.39, 0.29) is 36.0 Å². The van der Waals surface area contributed by atoms with Gasteiger partial charge in [0.05, 0.1) is 12.5 Å². The third-order valence-corrected chi connectivity index (χ3v) is 7.12. The molecule has 0 spiro atoms. The zero-order chi connectivity index (χ0) is 24.0. The molecule has 2 aromatic rings. The molecule has 2 fully saturated rings. The zero-order valence-corrected chi connectivity index (χ0v) is 19.4. The van der Waals surface area contributed by atoms with Gasteiger partial charge in [-0.05, 0) is 68.7 Å². The molecule has 2 unspecified atom stereocenters. The predicted molar refractivity (Wildman–Crippen MR) is 130 cm³/mol. The fourth-order valence-electron chi connectivity index (χ4n) is 5.45. The molecule has 0 heterocycles. The van der Waals surface area contributed by atoms with Crippen LogP contribution in [0.25, 0.3) is 0 Å². The first kappa shape index (κ1) is 23.6. The molecule has 4 amide bonds. The molecule has 4 atom stereocenters. The fourth-order valence-corrected chi connectivity index (χ4v) is 5.45. The van der Waals surface area contributed by atoms with Gasteiger partial charge in [0.25, 0.3) is 0 Å². The van der Waals surface area contributed by atoms with Crippen LogP contribution in [0.15, 0.2) is 60.7 Å². The number of hydrogen-bond acceptors (Lipinski definition) is 4. The molecule has 4 N–H and O–H groups in total. The van der Waals surface area contributed by atoms with Crippen LogP contribution < -0.4 is 21.3 Å². The Labute approximate surface area is 199 Å². The highest BCUT2D eigenvalue weighted by atomic mass is 16.5. The molecule has 0 bridgehead atoms. The van der Waals surface area contributed by atoms with Crippen molar-refractivity contribution in [1.29, 1.82) is 0 Å². The van der Waals surface area contributed by atoms with Crippen molar-refractivity contribution < 1.29 is 19.1 Å². The first-order valence-electron chi connectivity index (χ1n) is 11.8. The van der Waals surface area contributed by atoms with E-state index < -0.39 is 5.41 Å². The topological polar surface area (TPSA) is 109 Å². The second-order valence-electron chi connectivity index (χ2n) is 9.22. The van der Waals surface area contributed by atoms with E-state index in [4.69, 9.17) is 4.74 Å².